The van der Waals surface area contributed by atoms with E-state index in [0.717, 1.165) is 5.92 Å². The second-order valence-electron chi connectivity index (χ2n) is 6.08. The van der Waals surface area contributed by atoms with Crippen LogP contribution in [-0.2, 0) is 0 Å². The lowest BCUT2D eigenvalue weighted by atomic mass is 9.91. The van der Waals surface area contributed by atoms with Crippen LogP contribution in [0.2, 0.25) is 0 Å². The minimum Gasteiger partial charge on any atom is -0.389 e. The summed E-state index contributed by atoms with van der Waals surface area (Å²) in [6.45, 7) is 8.11. The summed E-state index contributed by atoms with van der Waals surface area (Å²) in [5, 5.41) is 13.5. The van der Waals surface area contributed by atoms with Crippen molar-refractivity contribution >= 4 is 0 Å². The lowest BCUT2D eigenvalue weighted by molar-refractivity contribution is 0.0369. The fraction of sp³-hybridized carbons (Fsp3) is 1.00. The van der Waals surface area contributed by atoms with Crippen LogP contribution in [0.5, 0.6) is 0 Å². The smallest absolute Gasteiger partial charge is 0.0741 e. The molecule has 1 saturated carbocycles. The molecule has 96 valence electrons. The Kier molecular flexibility index (Phi) is 5.26. The maximum Gasteiger partial charge on any atom is 0.0741 e. The van der Waals surface area contributed by atoms with Crippen molar-refractivity contribution in [3.8, 4) is 0 Å². The molecule has 1 unspecified atom stereocenters. The van der Waals surface area contributed by atoms with Crippen LogP contribution in [0, 0.1) is 5.92 Å². The molecule has 1 aliphatic carbocycles. The second-order valence-corrected chi connectivity index (χ2v) is 6.08. The van der Waals surface area contributed by atoms with Gasteiger partial charge in [0.1, 0.15) is 0 Å². The van der Waals surface area contributed by atoms with Crippen LogP contribution in [0.1, 0.15) is 66.2 Å². The van der Waals surface area contributed by atoms with Crippen molar-refractivity contribution < 1.29 is 5.11 Å². The molecule has 2 atom stereocenters. The van der Waals surface area contributed by atoms with Gasteiger partial charge >= 0.3 is 0 Å². The van der Waals surface area contributed by atoms with Gasteiger partial charge in [-0.3, -0.25) is 0 Å². The topological polar surface area (TPSA) is 32.3 Å². The summed E-state index contributed by atoms with van der Waals surface area (Å²) in [7, 11) is 0. The van der Waals surface area contributed by atoms with Crippen molar-refractivity contribution in [1.82, 2.24) is 5.32 Å². The molecule has 1 aliphatic rings. The lowest BCUT2D eigenvalue weighted by Gasteiger charge is -2.33. The van der Waals surface area contributed by atoms with Crippen LogP contribution >= 0.6 is 0 Å². The van der Waals surface area contributed by atoms with E-state index >= 15 is 0 Å². The first kappa shape index (κ1) is 14.0. The summed E-state index contributed by atoms with van der Waals surface area (Å²) in [5.74, 6) is 0.798. The molecule has 0 aromatic rings. The van der Waals surface area contributed by atoms with Gasteiger partial charge in [0.2, 0.25) is 0 Å². The van der Waals surface area contributed by atoms with E-state index in [9.17, 15) is 5.11 Å². The fourth-order valence-corrected chi connectivity index (χ4v) is 2.55. The SMILES string of the molecule is CC(N[C@@H](C)C1CCCCCC1)C(C)(C)O. The van der Waals surface area contributed by atoms with Crippen LogP contribution in [-0.4, -0.2) is 22.8 Å². The van der Waals surface area contributed by atoms with Gasteiger partial charge in [-0.1, -0.05) is 25.7 Å². The minimum atomic E-state index is -0.626. The molecule has 0 aromatic carbocycles. The zero-order valence-corrected chi connectivity index (χ0v) is 11.4. The van der Waals surface area contributed by atoms with Gasteiger partial charge in [0.15, 0.2) is 0 Å². The quantitative estimate of drug-likeness (QED) is 0.723. The van der Waals surface area contributed by atoms with Gasteiger partial charge in [-0.2, -0.15) is 0 Å². The predicted molar refractivity (Wildman–Crippen MR) is 69.5 cm³/mol. The van der Waals surface area contributed by atoms with E-state index < -0.39 is 5.60 Å². The summed E-state index contributed by atoms with van der Waals surface area (Å²) in [5.41, 5.74) is -0.626. The standard InChI is InChI=1S/C14H29NO/c1-11(15-12(2)14(3,4)16)13-9-7-5-6-8-10-13/h11-13,15-16H,5-10H2,1-4H3/t11-,12?/m0/s1. The molecule has 0 saturated heterocycles. The first-order chi connectivity index (χ1) is 7.41. The Morgan fingerprint density at radius 3 is 2.00 bits per heavy atom. The highest BCUT2D eigenvalue weighted by Gasteiger charge is 2.26. The third-order valence-corrected chi connectivity index (χ3v) is 4.18. The molecule has 0 aliphatic heterocycles. The monoisotopic (exact) mass is 227 g/mol. The maximum atomic E-state index is 9.93. The summed E-state index contributed by atoms with van der Waals surface area (Å²) in [6.07, 6.45) is 8.29. The van der Waals surface area contributed by atoms with Gasteiger partial charge in [0.25, 0.3) is 0 Å². The van der Waals surface area contributed by atoms with Crippen LogP contribution in [0.25, 0.3) is 0 Å². The van der Waals surface area contributed by atoms with E-state index in [4.69, 9.17) is 0 Å². The van der Waals surface area contributed by atoms with Crippen molar-refractivity contribution in [1.29, 1.82) is 0 Å². The number of hydrogen-bond acceptors (Lipinski definition) is 2. The summed E-state index contributed by atoms with van der Waals surface area (Å²) >= 11 is 0. The van der Waals surface area contributed by atoms with E-state index in [-0.39, 0.29) is 6.04 Å². The zero-order chi connectivity index (χ0) is 12.2. The molecular formula is C14H29NO. The van der Waals surface area contributed by atoms with Crippen molar-refractivity contribution in [2.75, 3.05) is 0 Å². The summed E-state index contributed by atoms with van der Waals surface area (Å²) in [6, 6.07) is 0.685. The molecule has 16 heavy (non-hydrogen) atoms. The average Bonchev–Trinajstić information content (AvgIpc) is 2.43. The van der Waals surface area contributed by atoms with Gasteiger partial charge in [-0.05, 0) is 46.5 Å². The molecule has 0 amide bonds. The van der Waals surface area contributed by atoms with Gasteiger partial charge in [-0.15, -0.1) is 0 Å². The molecule has 0 bridgehead atoms. The molecule has 1 rings (SSSR count). The number of rotatable bonds is 4. The van der Waals surface area contributed by atoms with Crippen LogP contribution < -0.4 is 5.32 Å². The van der Waals surface area contributed by atoms with Crippen molar-refractivity contribution in [3.63, 3.8) is 0 Å². The van der Waals surface area contributed by atoms with E-state index in [0.29, 0.717) is 6.04 Å². The average molecular weight is 227 g/mol. The van der Waals surface area contributed by atoms with Crippen molar-refractivity contribution in [3.05, 3.63) is 0 Å². The number of aliphatic hydroxyl groups is 1. The van der Waals surface area contributed by atoms with Crippen molar-refractivity contribution in [2.24, 2.45) is 5.92 Å². The van der Waals surface area contributed by atoms with Crippen LogP contribution in [0.3, 0.4) is 0 Å². The fourth-order valence-electron chi connectivity index (χ4n) is 2.55. The molecule has 2 N–H and O–H groups in total. The van der Waals surface area contributed by atoms with Crippen molar-refractivity contribution in [2.45, 2.75) is 83.9 Å². The lowest BCUT2D eigenvalue weighted by Crippen LogP contribution is -2.50. The Bertz CT molecular complexity index is 189. The zero-order valence-electron chi connectivity index (χ0n) is 11.4. The van der Waals surface area contributed by atoms with E-state index in [1.807, 2.05) is 13.8 Å². The third kappa shape index (κ3) is 4.42. The highest BCUT2D eigenvalue weighted by Crippen LogP contribution is 2.26. The van der Waals surface area contributed by atoms with E-state index in [1.54, 1.807) is 0 Å². The molecule has 0 aromatic heterocycles. The molecule has 0 heterocycles. The minimum absolute atomic E-state index is 0.158. The first-order valence-corrected chi connectivity index (χ1v) is 6.89. The molecular weight excluding hydrogens is 198 g/mol. The number of nitrogens with one attached hydrogen (secondary N) is 1. The molecule has 2 heteroatoms. The maximum absolute atomic E-state index is 9.93. The molecule has 2 nitrogen and oxygen atoms in total. The summed E-state index contributed by atoms with van der Waals surface area (Å²) < 4.78 is 0. The van der Waals surface area contributed by atoms with Crippen LogP contribution in [0.15, 0.2) is 0 Å². The van der Waals surface area contributed by atoms with E-state index in [2.05, 4.69) is 19.2 Å². The first-order valence-electron chi connectivity index (χ1n) is 6.89. The highest BCUT2D eigenvalue weighted by molar-refractivity contribution is 4.84. The molecule has 1 fully saturated rings. The Hall–Kier alpha value is -0.0800. The van der Waals surface area contributed by atoms with E-state index in [1.165, 1.54) is 38.5 Å². The van der Waals surface area contributed by atoms with Crippen LogP contribution in [0.4, 0.5) is 0 Å². The Morgan fingerprint density at radius 2 is 1.56 bits per heavy atom. The Labute approximate surface area is 101 Å². The normalized spacial score (nSPS) is 23.8. The Morgan fingerprint density at radius 1 is 1.06 bits per heavy atom. The third-order valence-electron chi connectivity index (χ3n) is 4.18. The largest absolute Gasteiger partial charge is 0.389 e. The van der Waals surface area contributed by atoms with Gasteiger partial charge in [0.05, 0.1) is 5.60 Å². The van der Waals surface area contributed by atoms with Gasteiger partial charge in [0, 0.05) is 12.1 Å². The number of hydrogen-bond donors (Lipinski definition) is 2. The van der Waals surface area contributed by atoms with Gasteiger partial charge < -0.3 is 10.4 Å². The Balaban J connectivity index is 2.41. The predicted octanol–water partition coefficient (Wildman–Crippen LogP) is 3.09. The summed E-state index contributed by atoms with van der Waals surface area (Å²) in [4.78, 5) is 0. The van der Waals surface area contributed by atoms with Gasteiger partial charge in [-0.25, -0.2) is 0 Å². The molecule has 0 radical (unpaired) electrons. The second kappa shape index (κ2) is 6.02. The molecule has 0 spiro atoms. The highest BCUT2D eigenvalue weighted by atomic mass is 16.3.